The van der Waals surface area contributed by atoms with Crippen molar-refractivity contribution >= 4 is 0 Å². The average Bonchev–Trinajstić information content (AvgIpc) is 2.61. The minimum Gasteiger partial charge on any atom is -0.394 e. The van der Waals surface area contributed by atoms with Gasteiger partial charge in [0.15, 0.2) is 0 Å². The van der Waals surface area contributed by atoms with Crippen molar-refractivity contribution in [3.05, 3.63) is 11.6 Å². The molecule has 1 N–H and O–H groups in total. The highest BCUT2D eigenvalue weighted by atomic mass is 16.6. The predicted molar refractivity (Wildman–Crippen MR) is 39.8 cm³/mol. The van der Waals surface area contributed by atoms with Gasteiger partial charge in [0.1, 0.15) is 6.10 Å². The highest BCUT2D eigenvalue weighted by Crippen LogP contribution is 2.25. The third-order valence-corrected chi connectivity index (χ3v) is 1.63. The summed E-state index contributed by atoms with van der Waals surface area (Å²) in [5.74, 6) is 0. The van der Waals surface area contributed by atoms with E-state index in [2.05, 4.69) is 19.9 Å². The highest BCUT2D eigenvalue weighted by Gasteiger charge is 2.36. The first kappa shape index (κ1) is 7.76. The lowest BCUT2D eigenvalue weighted by molar-refractivity contribution is 0.242. The Balaban J connectivity index is 2.12. The summed E-state index contributed by atoms with van der Waals surface area (Å²) in [6.07, 6.45) is 3.50. The van der Waals surface area contributed by atoms with E-state index >= 15 is 0 Å². The number of ether oxygens (including phenoxy) is 1. The van der Waals surface area contributed by atoms with Crippen LogP contribution < -0.4 is 0 Å². The third-order valence-electron chi connectivity index (χ3n) is 1.63. The van der Waals surface area contributed by atoms with E-state index in [1.165, 1.54) is 5.57 Å². The Morgan fingerprint density at radius 1 is 1.50 bits per heavy atom. The molecule has 0 saturated carbocycles. The fraction of sp³-hybridized carbons (Fsp3) is 0.750. The molecule has 0 radical (unpaired) electrons. The monoisotopic (exact) mass is 142 g/mol. The van der Waals surface area contributed by atoms with E-state index < -0.39 is 0 Å². The van der Waals surface area contributed by atoms with Crippen molar-refractivity contribution in [3.63, 3.8) is 0 Å². The van der Waals surface area contributed by atoms with Crippen LogP contribution in [0, 0.1) is 0 Å². The van der Waals surface area contributed by atoms with Crippen LogP contribution in [-0.2, 0) is 4.74 Å². The zero-order valence-electron chi connectivity index (χ0n) is 6.50. The second kappa shape index (κ2) is 3.17. The second-order valence-corrected chi connectivity index (χ2v) is 2.91. The first-order valence-electron chi connectivity index (χ1n) is 3.63. The van der Waals surface area contributed by atoms with Gasteiger partial charge in [0.2, 0.25) is 0 Å². The molecule has 10 heavy (non-hydrogen) atoms. The molecule has 2 atom stereocenters. The molecule has 0 aromatic carbocycles. The number of aliphatic hydroxyl groups excluding tert-OH is 1. The van der Waals surface area contributed by atoms with E-state index in [9.17, 15) is 0 Å². The van der Waals surface area contributed by atoms with Crippen LogP contribution in [0.3, 0.4) is 0 Å². The van der Waals surface area contributed by atoms with Gasteiger partial charge in [-0.05, 0) is 20.3 Å². The van der Waals surface area contributed by atoms with Gasteiger partial charge in [0.25, 0.3) is 0 Å². The topological polar surface area (TPSA) is 32.8 Å². The lowest BCUT2D eigenvalue weighted by atomic mass is 10.2. The quantitative estimate of drug-likeness (QED) is 0.473. The molecule has 0 spiro atoms. The zero-order valence-corrected chi connectivity index (χ0v) is 6.50. The van der Waals surface area contributed by atoms with Crippen molar-refractivity contribution in [3.8, 4) is 0 Å². The molecule has 58 valence electrons. The molecule has 1 fully saturated rings. The van der Waals surface area contributed by atoms with Crippen molar-refractivity contribution < 1.29 is 9.84 Å². The van der Waals surface area contributed by atoms with Crippen LogP contribution in [0.15, 0.2) is 11.6 Å². The Morgan fingerprint density at radius 2 is 2.20 bits per heavy atom. The molecule has 0 aromatic heterocycles. The summed E-state index contributed by atoms with van der Waals surface area (Å²) < 4.78 is 5.12. The summed E-state index contributed by atoms with van der Waals surface area (Å²) in [7, 11) is 0. The third kappa shape index (κ3) is 2.12. The summed E-state index contributed by atoms with van der Waals surface area (Å²) in [5.41, 5.74) is 1.31. The van der Waals surface area contributed by atoms with Gasteiger partial charge in [0.05, 0.1) is 12.7 Å². The van der Waals surface area contributed by atoms with Gasteiger partial charge in [0, 0.05) is 0 Å². The maximum Gasteiger partial charge on any atom is 0.107 e. The van der Waals surface area contributed by atoms with Gasteiger partial charge < -0.3 is 9.84 Å². The fourth-order valence-corrected chi connectivity index (χ4v) is 0.899. The lowest BCUT2D eigenvalue weighted by Gasteiger charge is -1.87. The van der Waals surface area contributed by atoms with E-state index in [4.69, 9.17) is 9.84 Å². The Hall–Kier alpha value is -0.340. The van der Waals surface area contributed by atoms with Gasteiger partial charge in [-0.25, -0.2) is 0 Å². The van der Waals surface area contributed by atoms with Gasteiger partial charge in [-0.2, -0.15) is 0 Å². The molecule has 0 unspecified atom stereocenters. The molecular weight excluding hydrogens is 128 g/mol. The molecular formula is C8H14O2. The van der Waals surface area contributed by atoms with Gasteiger partial charge in [-0.3, -0.25) is 0 Å². The van der Waals surface area contributed by atoms with Gasteiger partial charge >= 0.3 is 0 Å². The normalized spacial score (nSPS) is 29.9. The molecule has 0 bridgehead atoms. The standard InChI is InChI=1S/C8H14O2/c1-6(2)3-4-7-8(5-9)10-7/h3,7-9H,4-5H2,1-2H3/t7-,8-/m0/s1. The van der Waals surface area contributed by atoms with E-state index in [0.717, 1.165) is 6.42 Å². The van der Waals surface area contributed by atoms with Gasteiger partial charge in [-0.15, -0.1) is 0 Å². The molecule has 1 saturated heterocycles. The fourth-order valence-electron chi connectivity index (χ4n) is 0.899. The summed E-state index contributed by atoms with van der Waals surface area (Å²) in [4.78, 5) is 0. The predicted octanol–water partition coefficient (Wildman–Crippen LogP) is 1.10. The van der Waals surface area contributed by atoms with Crippen LogP contribution in [-0.4, -0.2) is 23.9 Å². The van der Waals surface area contributed by atoms with Crippen molar-refractivity contribution in [2.24, 2.45) is 0 Å². The Labute approximate surface area is 61.5 Å². The number of hydrogen-bond acceptors (Lipinski definition) is 2. The van der Waals surface area contributed by atoms with Crippen LogP contribution in [0.2, 0.25) is 0 Å². The molecule has 0 aliphatic carbocycles. The van der Waals surface area contributed by atoms with Crippen LogP contribution >= 0.6 is 0 Å². The second-order valence-electron chi connectivity index (χ2n) is 2.91. The van der Waals surface area contributed by atoms with E-state index in [0.29, 0.717) is 6.10 Å². The number of hydrogen-bond donors (Lipinski definition) is 1. The SMILES string of the molecule is CC(C)=CC[C@@H]1O[C@H]1CO. The first-order valence-corrected chi connectivity index (χ1v) is 3.63. The Bertz CT molecular complexity index is 136. The van der Waals surface area contributed by atoms with Crippen molar-refractivity contribution in [2.45, 2.75) is 32.5 Å². The summed E-state index contributed by atoms with van der Waals surface area (Å²) in [6.45, 7) is 4.30. The Kier molecular flexibility index (Phi) is 2.46. The molecule has 2 nitrogen and oxygen atoms in total. The van der Waals surface area contributed by atoms with Crippen molar-refractivity contribution in [1.29, 1.82) is 0 Å². The molecule has 1 heterocycles. The molecule has 0 amide bonds. The summed E-state index contributed by atoms with van der Waals surface area (Å²) in [5, 5.41) is 8.60. The molecule has 1 rings (SSSR count). The minimum absolute atomic E-state index is 0.121. The number of epoxide rings is 1. The Morgan fingerprint density at radius 3 is 2.60 bits per heavy atom. The van der Waals surface area contributed by atoms with Crippen molar-refractivity contribution in [2.75, 3.05) is 6.61 Å². The number of rotatable bonds is 3. The van der Waals surface area contributed by atoms with Crippen molar-refractivity contribution in [1.82, 2.24) is 0 Å². The van der Waals surface area contributed by atoms with Crippen LogP contribution in [0.5, 0.6) is 0 Å². The maximum atomic E-state index is 8.60. The highest BCUT2D eigenvalue weighted by molar-refractivity contribution is 4.99. The maximum absolute atomic E-state index is 8.60. The van der Waals surface area contributed by atoms with Crippen LogP contribution in [0.25, 0.3) is 0 Å². The smallest absolute Gasteiger partial charge is 0.107 e. The summed E-state index contributed by atoms with van der Waals surface area (Å²) >= 11 is 0. The lowest BCUT2D eigenvalue weighted by Crippen LogP contribution is -1.97. The number of aliphatic hydroxyl groups is 1. The van der Waals surface area contributed by atoms with Gasteiger partial charge in [-0.1, -0.05) is 11.6 Å². The molecule has 1 aliphatic rings. The number of allylic oxidation sites excluding steroid dienone is 1. The van der Waals surface area contributed by atoms with Crippen LogP contribution in [0.4, 0.5) is 0 Å². The van der Waals surface area contributed by atoms with E-state index in [1.807, 2.05) is 0 Å². The zero-order chi connectivity index (χ0) is 7.56. The average molecular weight is 142 g/mol. The van der Waals surface area contributed by atoms with E-state index in [-0.39, 0.29) is 12.7 Å². The summed E-state index contributed by atoms with van der Waals surface area (Å²) in [6, 6.07) is 0. The molecule has 0 aromatic rings. The first-order chi connectivity index (χ1) is 4.74. The molecule has 1 aliphatic heterocycles. The van der Waals surface area contributed by atoms with Crippen LogP contribution in [0.1, 0.15) is 20.3 Å². The minimum atomic E-state index is 0.121. The van der Waals surface area contributed by atoms with E-state index in [1.54, 1.807) is 0 Å². The molecule has 2 heteroatoms. The largest absolute Gasteiger partial charge is 0.394 e.